The molecule has 1 aliphatic carbocycles. The average molecular weight is 290 g/mol. The van der Waals surface area contributed by atoms with E-state index in [9.17, 15) is 14.7 Å². The zero-order valence-corrected chi connectivity index (χ0v) is 12.5. The van der Waals surface area contributed by atoms with Crippen LogP contribution in [0, 0.1) is 0 Å². The van der Waals surface area contributed by atoms with Gasteiger partial charge in [0.05, 0.1) is 11.0 Å². The van der Waals surface area contributed by atoms with Gasteiger partial charge in [-0.15, -0.1) is 0 Å². The third-order valence-electron chi connectivity index (χ3n) is 4.14. The van der Waals surface area contributed by atoms with Crippen LogP contribution in [0.3, 0.4) is 0 Å². The Morgan fingerprint density at radius 3 is 2.33 bits per heavy atom. The monoisotopic (exact) mass is 290 g/mol. The second-order valence-corrected chi connectivity index (χ2v) is 6.09. The van der Waals surface area contributed by atoms with E-state index in [1.165, 1.54) is 0 Å². The fourth-order valence-electron chi connectivity index (χ4n) is 2.53. The van der Waals surface area contributed by atoms with Crippen molar-refractivity contribution < 1.29 is 14.7 Å². The Labute approximate surface area is 124 Å². The van der Waals surface area contributed by atoms with Crippen LogP contribution in [0.25, 0.3) is 0 Å². The number of carbonyl (C=O) groups is 2. The zero-order chi connectivity index (χ0) is 15.7. The number of hydrogen-bond donors (Lipinski definition) is 3. The second kappa shape index (κ2) is 5.48. The fourth-order valence-corrected chi connectivity index (χ4v) is 2.53. The van der Waals surface area contributed by atoms with Gasteiger partial charge in [0.1, 0.15) is 0 Å². The molecule has 1 unspecified atom stereocenters. The minimum Gasteiger partial charge on any atom is -0.481 e. The Morgan fingerprint density at radius 2 is 1.90 bits per heavy atom. The molecule has 1 fully saturated rings. The summed E-state index contributed by atoms with van der Waals surface area (Å²) in [5, 5.41) is 12.0. The number of carboxylic acids is 1. The molecule has 0 bridgehead atoms. The Morgan fingerprint density at radius 1 is 1.33 bits per heavy atom. The molecule has 0 heterocycles. The summed E-state index contributed by atoms with van der Waals surface area (Å²) in [4.78, 5) is 23.4. The highest BCUT2D eigenvalue weighted by atomic mass is 16.4. The molecule has 1 aromatic rings. The molecule has 0 saturated heterocycles. The number of carboxylic acid groups (broad SMARTS) is 1. The van der Waals surface area contributed by atoms with Crippen LogP contribution in [0.2, 0.25) is 0 Å². The minimum atomic E-state index is -0.897. The summed E-state index contributed by atoms with van der Waals surface area (Å²) in [7, 11) is 0. The van der Waals surface area contributed by atoms with E-state index >= 15 is 0 Å². The molecule has 21 heavy (non-hydrogen) atoms. The highest BCUT2D eigenvalue weighted by Crippen LogP contribution is 2.48. The summed E-state index contributed by atoms with van der Waals surface area (Å²) in [6, 6.07) is 7.01. The number of hydrogen-bond acceptors (Lipinski definition) is 3. The van der Waals surface area contributed by atoms with Crippen LogP contribution in [0.5, 0.6) is 0 Å². The van der Waals surface area contributed by atoms with Gasteiger partial charge in [-0.2, -0.15) is 0 Å². The predicted octanol–water partition coefficient (Wildman–Crippen LogP) is 2.26. The topological polar surface area (TPSA) is 92.4 Å². The van der Waals surface area contributed by atoms with Crippen molar-refractivity contribution in [2.75, 3.05) is 5.32 Å². The number of benzene rings is 1. The van der Waals surface area contributed by atoms with E-state index in [0.29, 0.717) is 24.9 Å². The van der Waals surface area contributed by atoms with Crippen molar-refractivity contribution >= 4 is 17.6 Å². The first-order valence-corrected chi connectivity index (χ1v) is 7.26. The van der Waals surface area contributed by atoms with Gasteiger partial charge in [0.25, 0.3) is 0 Å². The Kier molecular flexibility index (Phi) is 4.05. The predicted molar refractivity (Wildman–Crippen MR) is 81.1 cm³/mol. The molecule has 1 amide bonds. The van der Waals surface area contributed by atoms with Gasteiger partial charge in [-0.1, -0.05) is 25.5 Å². The number of nitrogens with one attached hydrogen (secondary N) is 1. The minimum absolute atomic E-state index is 0.225. The number of amides is 1. The summed E-state index contributed by atoms with van der Waals surface area (Å²) in [5.41, 5.74) is 5.79. The molecular weight excluding hydrogens is 268 g/mol. The SMILES string of the molecule is CCCC(C)(N)C(=O)Nc1ccc(C2(C(=O)O)CC2)cc1. The van der Waals surface area contributed by atoms with Crippen LogP contribution in [-0.4, -0.2) is 22.5 Å². The molecule has 1 aromatic carbocycles. The summed E-state index contributed by atoms with van der Waals surface area (Å²) in [6.45, 7) is 3.69. The lowest BCUT2D eigenvalue weighted by Gasteiger charge is -2.23. The third-order valence-corrected chi connectivity index (χ3v) is 4.14. The highest BCUT2D eigenvalue weighted by molar-refractivity contribution is 5.97. The third kappa shape index (κ3) is 3.08. The summed E-state index contributed by atoms with van der Waals surface area (Å²) in [6.07, 6.45) is 2.79. The molecule has 0 spiro atoms. The maximum Gasteiger partial charge on any atom is 0.314 e. The van der Waals surface area contributed by atoms with Crippen LogP contribution in [0.1, 0.15) is 45.1 Å². The molecular formula is C16H22N2O3. The molecule has 0 radical (unpaired) electrons. The van der Waals surface area contributed by atoms with Crippen LogP contribution in [0.4, 0.5) is 5.69 Å². The van der Waals surface area contributed by atoms with Crippen molar-refractivity contribution in [1.82, 2.24) is 0 Å². The normalized spacial score (nSPS) is 18.6. The molecule has 4 N–H and O–H groups in total. The van der Waals surface area contributed by atoms with Crippen LogP contribution >= 0.6 is 0 Å². The Hall–Kier alpha value is -1.88. The van der Waals surface area contributed by atoms with Gasteiger partial charge >= 0.3 is 5.97 Å². The number of aliphatic carboxylic acids is 1. The van der Waals surface area contributed by atoms with Crippen molar-refractivity contribution in [1.29, 1.82) is 0 Å². The lowest BCUT2D eigenvalue weighted by atomic mass is 9.95. The lowest BCUT2D eigenvalue weighted by Crippen LogP contribution is -2.48. The first-order chi connectivity index (χ1) is 9.82. The van der Waals surface area contributed by atoms with Crippen molar-refractivity contribution in [3.05, 3.63) is 29.8 Å². The summed E-state index contributed by atoms with van der Waals surface area (Å²) in [5.74, 6) is -1.01. The van der Waals surface area contributed by atoms with E-state index in [0.717, 1.165) is 12.0 Å². The van der Waals surface area contributed by atoms with Crippen LogP contribution < -0.4 is 11.1 Å². The largest absolute Gasteiger partial charge is 0.481 e. The van der Waals surface area contributed by atoms with Crippen LogP contribution in [0.15, 0.2) is 24.3 Å². The van der Waals surface area contributed by atoms with Crippen molar-refractivity contribution in [2.24, 2.45) is 5.73 Å². The van der Waals surface area contributed by atoms with Crippen LogP contribution in [-0.2, 0) is 15.0 Å². The van der Waals surface area contributed by atoms with Gasteiger partial charge in [-0.3, -0.25) is 9.59 Å². The number of rotatable bonds is 6. The second-order valence-electron chi connectivity index (χ2n) is 6.09. The van der Waals surface area contributed by atoms with E-state index in [1.807, 2.05) is 6.92 Å². The first kappa shape index (κ1) is 15.5. The van der Waals surface area contributed by atoms with Gasteiger partial charge in [-0.25, -0.2) is 0 Å². The molecule has 0 aromatic heterocycles. The molecule has 0 aliphatic heterocycles. The molecule has 114 valence electrons. The Balaban J connectivity index is 2.07. The average Bonchev–Trinajstić information content (AvgIpc) is 3.21. The maximum absolute atomic E-state index is 12.1. The standard InChI is InChI=1S/C16H22N2O3/c1-3-8-15(2,17)13(19)18-12-6-4-11(5-7-12)16(9-10-16)14(20)21/h4-7H,3,8-10,17H2,1-2H3,(H,18,19)(H,20,21). The van der Waals surface area contributed by atoms with Gasteiger partial charge < -0.3 is 16.2 Å². The molecule has 5 heteroatoms. The van der Waals surface area contributed by atoms with Crippen molar-refractivity contribution in [3.8, 4) is 0 Å². The van der Waals surface area contributed by atoms with E-state index in [-0.39, 0.29) is 5.91 Å². The van der Waals surface area contributed by atoms with Gasteiger partial charge in [-0.05, 0) is 43.9 Å². The first-order valence-electron chi connectivity index (χ1n) is 7.26. The van der Waals surface area contributed by atoms with Gasteiger partial charge in [0, 0.05) is 5.69 Å². The molecule has 1 aliphatic rings. The quantitative estimate of drug-likeness (QED) is 0.749. The lowest BCUT2D eigenvalue weighted by molar-refractivity contribution is -0.140. The zero-order valence-electron chi connectivity index (χ0n) is 12.5. The maximum atomic E-state index is 12.1. The van der Waals surface area contributed by atoms with Gasteiger partial charge in [0.15, 0.2) is 0 Å². The molecule has 5 nitrogen and oxygen atoms in total. The summed E-state index contributed by atoms with van der Waals surface area (Å²) >= 11 is 0. The van der Waals surface area contributed by atoms with E-state index < -0.39 is 16.9 Å². The van der Waals surface area contributed by atoms with E-state index in [2.05, 4.69) is 5.32 Å². The summed E-state index contributed by atoms with van der Waals surface area (Å²) < 4.78 is 0. The van der Waals surface area contributed by atoms with Crippen molar-refractivity contribution in [3.63, 3.8) is 0 Å². The fraction of sp³-hybridized carbons (Fsp3) is 0.500. The molecule has 2 rings (SSSR count). The van der Waals surface area contributed by atoms with E-state index in [4.69, 9.17) is 5.73 Å². The van der Waals surface area contributed by atoms with Crippen molar-refractivity contribution in [2.45, 2.75) is 50.5 Å². The number of carbonyl (C=O) groups excluding carboxylic acids is 1. The van der Waals surface area contributed by atoms with E-state index in [1.54, 1.807) is 31.2 Å². The molecule has 1 atom stereocenters. The number of nitrogens with two attached hydrogens (primary N) is 1. The van der Waals surface area contributed by atoms with Gasteiger partial charge in [0.2, 0.25) is 5.91 Å². The Bertz CT molecular complexity index is 545. The smallest absolute Gasteiger partial charge is 0.314 e. The number of anilines is 1. The molecule has 1 saturated carbocycles. The highest BCUT2D eigenvalue weighted by Gasteiger charge is 2.51.